The molecule has 3 nitrogen and oxygen atoms in total. The van der Waals surface area contributed by atoms with E-state index in [1.807, 2.05) is 6.92 Å². The topological polar surface area (TPSA) is 41.5 Å². The van der Waals surface area contributed by atoms with E-state index in [-0.39, 0.29) is 12.1 Å². The maximum absolute atomic E-state index is 8.91. The lowest BCUT2D eigenvalue weighted by Gasteiger charge is -2.29. The van der Waals surface area contributed by atoms with Gasteiger partial charge in [-0.25, -0.2) is 0 Å². The van der Waals surface area contributed by atoms with E-state index in [4.69, 9.17) is 9.84 Å². The van der Waals surface area contributed by atoms with Gasteiger partial charge in [0.15, 0.2) is 0 Å². The Bertz CT molecular complexity index is 130. The van der Waals surface area contributed by atoms with Gasteiger partial charge in [-0.15, -0.1) is 0 Å². The fourth-order valence-electron chi connectivity index (χ4n) is 1.35. The molecule has 0 aliphatic rings. The minimum atomic E-state index is 0.0843. The number of nitrogens with one attached hydrogen (secondary N) is 1. The summed E-state index contributed by atoms with van der Waals surface area (Å²) in [5.41, 5.74) is 0.0843. The molecular formula is C11H25NO2. The fourth-order valence-corrected chi connectivity index (χ4v) is 1.35. The first-order valence-corrected chi connectivity index (χ1v) is 5.62. The fraction of sp³-hybridized carbons (Fsp3) is 1.00. The highest BCUT2D eigenvalue weighted by Gasteiger charge is 2.19. The van der Waals surface area contributed by atoms with E-state index in [2.05, 4.69) is 19.2 Å². The zero-order valence-electron chi connectivity index (χ0n) is 9.81. The van der Waals surface area contributed by atoms with Crippen LogP contribution in [0.2, 0.25) is 0 Å². The highest BCUT2D eigenvalue weighted by atomic mass is 16.5. The molecule has 0 aromatic rings. The first kappa shape index (κ1) is 13.9. The van der Waals surface area contributed by atoms with E-state index in [1.165, 1.54) is 0 Å². The first-order chi connectivity index (χ1) is 6.68. The Morgan fingerprint density at radius 3 is 2.57 bits per heavy atom. The Morgan fingerprint density at radius 2 is 2.07 bits per heavy atom. The van der Waals surface area contributed by atoms with Gasteiger partial charge in [0.05, 0.1) is 0 Å². The quantitative estimate of drug-likeness (QED) is 0.559. The Hall–Kier alpha value is -0.120. The van der Waals surface area contributed by atoms with Gasteiger partial charge in [-0.2, -0.15) is 0 Å². The average molecular weight is 203 g/mol. The van der Waals surface area contributed by atoms with E-state index in [1.54, 1.807) is 0 Å². The van der Waals surface area contributed by atoms with Crippen LogP contribution < -0.4 is 5.32 Å². The number of aliphatic hydroxyl groups excluding tert-OH is 1. The molecule has 0 fully saturated rings. The van der Waals surface area contributed by atoms with Crippen molar-refractivity contribution in [1.82, 2.24) is 5.32 Å². The lowest BCUT2D eigenvalue weighted by Crippen LogP contribution is -2.43. The predicted octanol–water partition coefficient (Wildman–Crippen LogP) is 1.55. The molecule has 1 unspecified atom stereocenters. The van der Waals surface area contributed by atoms with Crippen molar-refractivity contribution in [2.75, 3.05) is 26.4 Å². The number of ether oxygens (including phenoxy) is 1. The molecule has 1 atom stereocenters. The van der Waals surface area contributed by atoms with Crippen molar-refractivity contribution in [3.63, 3.8) is 0 Å². The van der Waals surface area contributed by atoms with Gasteiger partial charge in [0, 0.05) is 25.4 Å². The summed E-state index contributed by atoms with van der Waals surface area (Å²) < 4.78 is 5.25. The van der Waals surface area contributed by atoms with Gasteiger partial charge in [0.1, 0.15) is 0 Å². The summed E-state index contributed by atoms with van der Waals surface area (Å²) in [5.74, 6) is 0. The van der Waals surface area contributed by atoms with E-state index in [0.29, 0.717) is 0 Å². The van der Waals surface area contributed by atoms with Crippen LogP contribution in [-0.4, -0.2) is 37.0 Å². The molecule has 0 spiro atoms. The SMILES string of the molecule is CCOCCCNC(C)(CC)CCO. The van der Waals surface area contributed by atoms with Crippen molar-refractivity contribution in [3.8, 4) is 0 Å². The second-order valence-electron chi connectivity index (χ2n) is 3.87. The molecule has 0 saturated heterocycles. The maximum Gasteiger partial charge on any atom is 0.0477 e. The molecule has 0 heterocycles. The van der Waals surface area contributed by atoms with Gasteiger partial charge in [-0.05, 0) is 39.7 Å². The number of hydrogen-bond donors (Lipinski definition) is 2. The monoisotopic (exact) mass is 203 g/mol. The lowest BCUT2D eigenvalue weighted by atomic mass is 9.95. The van der Waals surface area contributed by atoms with Crippen LogP contribution in [0, 0.1) is 0 Å². The van der Waals surface area contributed by atoms with Crippen LogP contribution >= 0.6 is 0 Å². The second kappa shape index (κ2) is 8.21. The van der Waals surface area contributed by atoms with Crippen molar-refractivity contribution in [2.45, 2.75) is 45.6 Å². The largest absolute Gasteiger partial charge is 0.396 e. The third-order valence-corrected chi connectivity index (χ3v) is 2.67. The molecule has 0 rings (SSSR count). The normalized spacial score (nSPS) is 15.4. The smallest absolute Gasteiger partial charge is 0.0477 e. The minimum Gasteiger partial charge on any atom is -0.396 e. The summed E-state index contributed by atoms with van der Waals surface area (Å²) in [6.07, 6.45) is 2.90. The van der Waals surface area contributed by atoms with Crippen LogP contribution in [0.4, 0.5) is 0 Å². The zero-order valence-corrected chi connectivity index (χ0v) is 9.81. The summed E-state index contributed by atoms with van der Waals surface area (Å²) in [7, 11) is 0. The van der Waals surface area contributed by atoms with Crippen molar-refractivity contribution < 1.29 is 9.84 Å². The number of hydrogen-bond acceptors (Lipinski definition) is 3. The van der Waals surface area contributed by atoms with Gasteiger partial charge >= 0.3 is 0 Å². The van der Waals surface area contributed by atoms with Gasteiger partial charge in [0.25, 0.3) is 0 Å². The van der Waals surface area contributed by atoms with Crippen LogP contribution in [0.15, 0.2) is 0 Å². The summed E-state index contributed by atoms with van der Waals surface area (Å²) in [6.45, 7) is 9.14. The summed E-state index contributed by atoms with van der Waals surface area (Å²) in [5, 5.41) is 12.4. The number of aliphatic hydroxyl groups is 1. The van der Waals surface area contributed by atoms with Crippen LogP contribution in [-0.2, 0) is 4.74 Å². The molecule has 0 aromatic carbocycles. The van der Waals surface area contributed by atoms with Crippen molar-refractivity contribution >= 4 is 0 Å². The van der Waals surface area contributed by atoms with Crippen molar-refractivity contribution in [1.29, 1.82) is 0 Å². The molecule has 14 heavy (non-hydrogen) atoms. The molecular weight excluding hydrogens is 178 g/mol. The third kappa shape index (κ3) is 6.35. The highest BCUT2D eigenvalue weighted by Crippen LogP contribution is 2.13. The molecule has 0 aliphatic carbocycles. The van der Waals surface area contributed by atoms with E-state index in [9.17, 15) is 0 Å². The number of rotatable bonds is 9. The summed E-state index contributed by atoms with van der Waals surface area (Å²) in [6, 6.07) is 0. The molecule has 0 bridgehead atoms. The maximum atomic E-state index is 8.91. The molecule has 0 aliphatic heterocycles. The Kier molecular flexibility index (Phi) is 8.14. The molecule has 0 amide bonds. The lowest BCUT2D eigenvalue weighted by molar-refractivity contribution is 0.140. The molecule has 3 heteroatoms. The predicted molar refractivity (Wildman–Crippen MR) is 59.5 cm³/mol. The van der Waals surface area contributed by atoms with Gasteiger partial charge < -0.3 is 15.2 Å². The Labute approximate surface area is 87.8 Å². The molecule has 0 saturated carbocycles. The van der Waals surface area contributed by atoms with Crippen LogP contribution in [0.3, 0.4) is 0 Å². The van der Waals surface area contributed by atoms with Gasteiger partial charge in [0.2, 0.25) is 0 Å². The standard InChI is InChI=1S/C11H25NO2/c1-4-11(3,7-9-13)12-8-6-10-14-5-2/h12-13H,4-10H2,1-3H3. The van der Waals surface area contributed by atoms with E-state index in [0.717, 1.165) is 39.0 Å². The average Bonchev–Trinajstić information content (AvgIpc) is 2.18. The minimum absolute atomic E-state index is 0.0843. The second-order valence-corrected chi connectivity index (χ2v) is 3.87. The zero-order chi connectivity index (χ0) is 10.9. The van der Waals surface area contributed by atoms with Crippen LogP contribution in [0.1, 0.15) is 40.0 Å². The first-order valence-electron chi connectivity index (χ1n) is 5.62. The molecule has 2 N–H and O–H groups in total. The van der Waals surface area contributed by atoms with Crippen LogP contribution in [0.5, 0.6) is 0 Å². The van der Waals surface area contributed by atoms with E-state index < -0.39 is 0 Å². The van der Waals surface area contributed by atoms with Gasteiger partial charge in [-0.1, -0.05) is 6.92 Å². The molecule has 86 valence electrons. The molecule has 0 aromatic heterocycles. The third-order valence-electron chi connectivity index (χ3n) is 2.67. The Balaban J connectivity index is 3.51. The highest BCUT2D eigenvalue weighted by molar-refractivity contribution is 4.80. The molecule has 0 radical (unpaired) electrons. The summed E-state index contributed by atoms with van der Waals surface area (Å²) >= 11 is 0. The van der Waals surface area contributed by atoms with E-state index >= 15 is 0 Å². The van der Waals surface area contributed by atoms with Crippen molar-refractivity contribution in [2.24, 2.45) is 0 Å². The van der Waals surface area contributed by atoms with Crippen molar-refractivity contribution in [3.05, 3.63) is 0 Å². The van der Waals surface area contributed by atoms with Crippen LogP contribution in [0.25, 0.3) is 0 Å². The Morgan fingerprint density at radius 1 is 1.36 bits per heavy atom. The summed E-state index contributed by atoms with van der Waals surface area (Å²) in [4.78, 5) is 0. The van der Waals surface area contributed by atoms with Gasteiger partial charge in [-0.3, -0.25) is 0 Å².